The smallest absolute Gasteiger partial charge is 0.0794 e. The number of fused-ring (bicyclic) bond motifs is 7. The fourth-order valence-corrected chi connectivity index (χ4v) is 5.90. The first-order valence-electron chi connectivity index (χ1n) is 12.4. The summed E-state index contributed by atoms with van der Waals surface area (Å²) in [6.45, 7) is 0. The van der Waals surface area contributed by atoms with Gasteiger partial charge in [0, 0.05) is 38.6 Å². The monoisotopic (exact) mass is 458 g/mol. The van der Waals surface area contributed by atoms with Crippen LogP contribution in [0.2, 0.25) is 0 Å². The summed E-state index contributed by atoms with van der Waals surface area (Å²) in [4.78, 5) is 5.10. The number of allylic oxidation sites excluding steroid dienone is 3. The maximum absolute atomic E-state index is 5.10. The third-order valence-electron chi connectivity index (χ3n) is 7.60. The number of benzene rings is 5. The Kier molecular flexibility index (Phi) is 4.03. The van der Waals surface area contributed by atoms with Crippen LogP contribution in [0.3, 0.4) is 0 Å². The molecule has 8 rings (SSSR count). The van der Waals surface area contributed by atoms with Crippen molar-refractivity contribution in [3.05, 3.63) is 149 Å². The normalized spacial score (nSPS) is 16.3. The Bertz CT molecular complexity index is 2040. The van der Waals surface area contributed by atoms with Crippen LogP contribution in [0, 0.1) is 0 Å². The molecule has 1 atom stereocenters. The van der Waals surface area contributed by atoms with E-state index in [1.807, 2.05) is 0 Å². The molecule has 1 aliphatic heterocycles. The zero-order valence-electron chi connectivity index (χ0n) is 19.6. The predicted molar refractivity (Wildman–Crippen MR) is 149 cm³/mol. The highest BCUT2D eigenvalue weighted by atomic mass is 15.0. The predicted octanol–water partition coefficient (Wildman–Crippen LogP) is 6.96. The van der Waals surface area contributed by atoms with Gasteiger partial charge in [-0.1, -0.05) is 91.0 Å². The molecule has 0 fully saturated rings. The first kappa shape index (κ1) is 19.6. The number of hydrogen-bond donors (Lipinski definition) is 0. The molecular formula is C34H22N2. The van der Waals surface area contributed by atoms with Crippen LogP contribution in [0.15, 0.2) is 138 Å². The van der Waals surface area contributed by atoms with Crippen molar-refractivity contribution in [2.24, 2.45) is 4.99 Å². The molecule has 0 spiro atoms. The Labute approximate surface area is 208 Å². The molecule has 36 heavy (non-hydrogen) atoms. The summed E-state index contributed by atoms with van der Waals surface area (Å²) in [6.07, 6.45) is 6.90. The Morgan fingerprint density at radius 2 is 1.42 bits per heavy atom. The molecule has 0 saturated heterocycles. The van der Waals surface area contributed by atoms with E-state index < -0.39 is 0 Å². The molecule has 2 aliphatic rings. The van der Waals surface area contributed by atoms with Gasteiger partial charge in [0.05, 0.1) is 22.1 Å². The van der Waals surface area contributed by atoms with Gasteiger partial charge in [-0.05, 0) is 47.4 Å². The minimum absolute atomic E-state index is 0.191. The zero-order valence-corrected chi connectivity index (χ0v) is 19.6. The molecule has 0 radical (unpaired) electrons. The number of aromatic nitrogens is 1. The quantitative estimate of drug-likeness (QED) is 0.267. The van der Waals surface area contributed by atoms with E-state index in [2.05, 4.69) is 132 Å². The van der Waals surface area contributed by atoms with Crippen molar-refractivity contribution in [2.75, 3.05) is 0 Å². The highest BCUT2D eigenvalue weighted by Gasteiger charge is 2.20. The van der Waals surface area contributed by atoms with Crippen LogP contribution in [0.1, 0.15) is 11.5 Å². The van der Waals surface area contributed by atoms with Crippen LogP contribution in [0.4, 0.5) is 0 Å². The minimum Gasteiger partial charge on any atom is -0.309 e. The molecule has 2 heterocycles. The van der Waals surface area contributed by atoms with E-state index in [1.54, 1.807) is 0 Å². The van der Waals surface area contributed by atoms with E-state index in [1.165, 1.54) is 54.6 Å². The van der Waals surface area contributed by atoms with Crippen molar-refractivity contribution in [1.82, 2.24) is 4.57 Å². The first-order chi connectivity index (χ1) is 17.8. The van der Waals surface area contributed by atoms with Gasteiger partial charge in [-0.3, -0.25) is 0 Å². The lowest BCUT2D eigenvalue weighted by atomic mass is 9.90. The second kappa shape index (κ2) is 7.40. The van der Waals surface area contributed by atoms with Gasteiger partial charge in [0.1, 0.15) is 0 Å². The van der Waals surface area contributed by atoms with Crippen molar-refractivity contribution in [2.45, 2.75) is 5.92 Å². The fourth-order valence-electron chi connectivity index (χ4n) is 5.90. The Hall–Kier alpha value is -4.69. The van der Waals surface area contributed by atoms with E-state index >= 15 is 0 Å². The second-order valence-electron chi connectivity index (χ2n) is 9.61. The van der Waals surface area contributed by atoms with Gasteiger partial charge >= 0.3 is 0 Å². The summed E-state index contributed by atoms with van der Waals surface area (Å²) in [5.41, 5.74) is 7.25. The summed E-state index contributed by atoms with van der Waals surface area (Å²) < 4.78 is 2.36. The average molecular weight is 459 g/mol. The van der Waals surface area contributed by atoms with Crippen LogP contribution in [-0.2, 0) is 0 Å². The van der Waals surface area contributed by atoms with E-state index in [0.717, 1.165) is 11.1 Å². The van der Waals surface area contributed by atoms with Crippen molar-refractivity contribution in [1.29, 1.82) is 0 Å². The zero-order chi connectivity index (χ0) is 23.6. The van der Waals surface area contributed by atoms with Gasteiger partial charge in [0.2, 0.25) is 0 Å². The molecular weight excluding hydrogens is 436 g/mol. The van der Waals surface area contributed by atoms with Crippen LogP contribution < -0.4 is 10.6 Å². The van der Waals surface area contributed by atoms with Crippen molar-refractivity contribution in [3.8, 4) is 5.69 Å². The summed E-state index contributed by atoms with van der Waals surface area (Å²) in [7, 11) is 0. The maximum Gasteiger partial charge on any atom is 0.0794 e. The minimum atomic E-state index is 0.191. The molecule has 2 heteroatoms. The lowest BCUT2D eigenvalue weighted by Crippen LogP contribution is -2.23. The molecule has 2 nitrogen and oxygen atoms in total. The Balaban J connectivity index is 1.29. The number of para-hydroxylation sites is 2. The molecule has 1 unspecified atom stereocenters. The molecule has 6 aromatic rings. The molecule has 0 amide bonds. The number of nitrogens with zero attached hydrogens (tertiary/aromatic N) is 2. The summed E-state index contributed by atoms with van der Waals surface area (Å²) in [6, 6.07) is 39.2. The highest BCUT2D eigenvalue weighted by molar-refractivity contribution is 6.09. The Morgan fingerprint density at radius 1 is 0.639 bits per heavy atom. The van der Waals surface area contributed by atoms with Crippen LogP contribution in [-0.4, -0.2) is 4.57 Å². The topological polar surface area (TPSA) is 17.3 Å². The third-order valence-corrected chi connectivity index (χ3v) is 7.60. The summed E-state index contributed by atoms with van der Waals surface area (Å²) in [5, 5.41) is 7.35. The SMILES string of the molecule is C1=CC(c2ccc3c(c2)c2ccccc2n3-c2ccccc2)C=C2N=c3c(ccc4ccccc34)=C12. The van der Waals surface area contributed by atoms with Gasteiger partial charge in [-0.15, -0.1) is 0 Å². The van der Waals surface area contributed by atoms with Crippen molar-refractivity contribution >= 4 is 38.2 Å². The van der Waals surface area contributed by atoms with E-state index in [-0.39, 0.29) is 5.92 Å². The standard InChI is InChI=1S/C34H22N2/c1-2-9-25(10-3-1)36-32-13-7-6-12-28(32)30-20-23(16-19-33(30)36)24-15-17-27-29-18-14-22-8-4-5-11-26(22)34(29)35-31(27)21-24/h1-21,24H. The lowest BCUT2D eigenvalue weighted by molar-refractivity contribution is 1.05. The van der Waals surface area contributed by atoms with Crippen molar-refractivity contribution in [3.63, 3.8) is 0 Å². The number of hydrogen-bond acceptors (Lipinski definition) is 1. The van der Waals surface area contributed by atoms with Gasteiger partial charge in [0.25, 0.3) is 0 Å². The Morgan fingerprint density at radius 3 is 2.33 bits per heavy atom. The molecule has 1 aromatic heterocycles. The molecule has 1 aliphatic carbocycles. The summed E-state index contributed by atoms with van der Waals surface area (Å²) >= 11 is 0. The highest BCUT2D eigenvalue weighted by Crippen LogP contribution is 2.36. The molecule has 5 aromatic carbocycles. The lowest BCUT2D eigenvalue weighted by Gasteiger charge is -2.15. The van der Waals surface area contributed by atoms with Crippen molar-refractivity contribution < 1.29 is 0 Å². The van der Waals surface area contributed by atoms with Gasteiger partial charge in [-0.25, -0.2) is 4.99 Å². The first-order valence-corrected chi connectivity index (χ1v) is 12.4. The van der Waals surface area contributed by atoms with Crippen LogP contribution >= 0.6 is 0 Å². The maximum atomic E-state index is 5.10. The summed E-state index contributed by atoms with van der Waals surface area (Å²) in [5.74, 6) is 0.191. The van der Waals surface area contributed by atoms with E-state index in [0.29, 0.717) is 0 Å². The average Bonchev–Trinajstić information content (AvgIpc) is 3.48. The number of rotatable bonds is 2. The van der Waals surface area contributed by atoms with Gasteiger partial charge in [-0.2, -0.15) is 0 Å². The molecule has 0 N–H and O–H groups in total. The third kappa shape index (κ3) is 2.76. The molecule has 0 bridgehead atoms. The van der Waals surface area contributed by atoms with E-state index in [9.17, 15) is 0 Å². The van der Waals surface area contributed by atoms with Crippen LogP contribution in [0.5, 0.6) is 0 Å². The largest absolute Gasteiger partial charge is 0.309 e. The van der Waals surface area contributed by atoms with Gasteiger partial charge in [0.15, 0.2) is 0 Å². The van der Waals surface area contributed by atoms with Gasteiger partial charge < -0.3 is 4.57 Å². The fraction of sp³-hybridized carbons (Fsp3) is 0.0294. The molecule has 0 saturated carbocycles. The molecule has 168 valence electrons. The second-order valence-corrected chi connectivity index (χ2v) is 9.61. The van der Waals surface area contributed by atoms with Crippen LogP contribution in [0.25, 0.3) is 43.8 Å². The van der Waals surface area contributed by atoms with E-state index in [4.69, 9.17) is 4.99 Å².